The number of benzene rings is 2. The van der Waals surface area contributed by atoms with Crippen molar-refractivity contribution in [3.05, 3.63) is 59.7 Å². The Bertz CT molecular complexity index is 532. The normalized spacial score (nSPS) is 10.7. The quantitative estimate of drug-likeness (QED) is 0.577. The molecule has 0 aromatic heterocycles. The smallest absolute Gasteiger partial charge is 0.106 e. The summed E-state index contributed by atoms with van der Waals surface area (Å²) in [5.41, 5.74) is 4.71. The van der Waals surface area contributed by atoms with Crippen LogP contribution in [0.4, 0.5) is 0 Å². The minimum absolute atomic E-state index is 1.06. The first kappa shape index (κ1) is 11.4. The predicted octanol–water partition coefficient (Wildman–Crippen LogP) is 3.64. The minimum Gasteiger partial charge on any atom is -0.399 e. The van der Waals surface area contributed by atoms with Gasteiger partial charge in [0.05, 0.1) is 6.21 Å². The van der Waals surface area contributed by atoms with Gasteiger partial charge in [0.2, 0.25) is 0 Å². The number of rotatable bonds is 3. The molecule has 2 heteroatoms. The van der Waals surface area contributed by atoms with E-state index in [0.29, 0.717) is 0 Å². The summed E-state index contributed by atoms with van der Waals surface area (Å²) in [5.74, 6) is 0. The summed E-state index contributed by atoms with van der Waals surface area (Å²) < 4.78 is 0. The second-order valence-electron chi connectivity index (χ2n) is 3.82. The molecule has 0 aliphatic carbocycles. The standard InChI is InChI=1S/C15H15NO/c1-12-7-3-5-9-14(12)15-10-6-4-8-13(15)11-16-17-2/h3-11H,1-2H3/b16-11+. The Labute approximate surface area is 102 Å². The average Bonchev–Trinajstić information content (AvgIpc) is 2.37. The average molecular weight is 225 g/mol. The molecule has 17 heavy (non-hydrogen) atoms. The molecule has 2 nitrogen and oxygen atoms in total. The molecule has 2 aromatic carbocycles. The summed E-state index contributed by atoms with van der Waals surface area (Å²) in [6.45, 7) is 2.11. The fourth-order valence-electron chi connectivity index (χ4n) is 1.84. The van der Waals surface area contributed by atoms with Crippen molar-refractivity contribution < 1.29 is 4.84 Å². The fourth-order valence-corrected chi connectivity index (χ4v) is 1.84. The number of hydrogen-bond acceptors (Lipinski definition) is 2. The van der Waals surface area contributed by atoms with Gasteiger partial charge < -0.3 is 4.84 Å². The van der Waals surface area contributed by atoms with Crippen LogP contribution in [0, 0.1) is 6.92 Å². The maximum Gasteiger partial charge on any atom is 0.106 e. The first-order chi connectivity index (χ1) is 8.33. The Balaban J connectivity index is 2.52. The summed E-state index contributed by atoms with van der Waals surface area (Å²) in [6, 6.07) is 16.5. The van der Waals surface area contributed by atoms with Crippen LogP contribution in [0.25, 0.3) is 11.1 Å². The van der Waals surface area contributed by atoms with E-state index in [1.165, 1.54) is 16.7 Å². The zero-order valence-corrected chi connectivity index (χ0v) is 10.1. The molecule has 0 saturated carbocycles. The van der Waals surface area contributed by atoms with Crippen molar-refractivity contribution in [2.75, 3.05) is 7.11 Å². The molecular weight excluding hydrogens is 210 g/mol. The van der Waals surface area contributed by atoms with Crippen molar-refractivity contribution in [1.82, 2.24) is 0 Å². The Morgan fingerprint density at radius 1 is 0.941 bits per heavy atom. The van der Waals surface area contributed by atoms with E-state index >= 15 is 0 Å². The second-order valence-corrected chi connectivity index (χ2v) is 3.82. The van der Waals surface area contributed by atoms with E-state index in [2.05, 4.69) is 30.3 Å². The highest BCUT2D eigenvalue weighted by Gasteiger charge is 2.04. The van der Waals surface area contributed by atoms with E-state index in [4.69, 9.17) is 4.84 Å². The Hall–Kier alpha value is -2.09. The minimum atomic E-state index is 1.06. The molecule has 0 atom stereocenters. The molecule has 2 rings (SSSR count). The molecule has 0 heterocycles. The third kappa shape index (κ3) is 2.53. The van der Waals surface area contributed by atoms with Crippen LogP contribution < -0.4 is 0 Å². The molecule has 0 aliphatic rings. The lowest BCUT2D eigenvalue weighted by molar-refractivity contribution is 0.215. The van der Waals surface area contributed by atoms with Gasteiger partial charge in [0.25, 0.3) is 0 Å². The SMILES string of the molecule is CO/N=C/c1ccccc1-c1ccccc1C. The van der Waals surface area contributed by atoms with Crippen LogP contribution in [0.2, 0.25) is 0 Å². The van der Waals surface area contributed by atoms with Gasteiger partial charge in [-0.25, -0.2) is 0 Å². The van der Waals surface area contributed by atoms with E-state index in [1.807, 2.05) is 30.3 Å². The number of hydrogen-bond donors (Lipinski definition) is 0. The van der Waals surface area contributed by atoms with Gasteiger partial charge in [0, 0.05) is 5.56 Å². The molecule has 0 amide bonds. The lowest BCUT2D eigenvalue weighted by Gasteiger charge is -2.08. The maximum atomic E-state index is 4.74. The molecule has 0 radical (unpaired) electrons. The summed E-state index contributed by atoms with van der Waals surface area (Å²) in [4.78, 5) is 4.74. The molecule has 86 valence electrons. The van der Waals surface area contributed by atoms with Gasteiger partial charge in [-0.2, -0.15) is 0 Å². The lowest BCUT2D eigenvalue weighted by Crippen LogP contribution is -1.90. The lowest BCUT2D eigenvalue weighted by atomic mass is 9.97. The van der Waals surface area contributed by atoms with Gasteiger partial charge in [0.1, 0.15) is 7.11 Å². The van der Waals surface area contributed by atoms with Crippen LogP contribution in [-0.4, -0.2) is 13.3 Å². The largest absolute Gasteiger partial charge is 0.399 e. The molecule has 0 spiro atoms. The highest BCUT2D eigenvalue weighted by Crippen LogP contribution is 2.25. The van der Waals surface area contributed by atoms with Gasteiger partial charge in [-0.1, -0.05) is 53.7 Å². The number of nitrogens with zero attached hydrogens (tertiary/aromatic N) is 1. The van der Waals surface area contributed by atoms with Crippen LogP contribution in [0.3, 0.4) is 0 Å². The molecule has 0 N–H and O–H groups in total. The Morgan fingerprint density at radius 3 is 2.29 bits per heavy atom. The Morgan fingerprint density at radius 2 is 1.59 bits per heavy atom. The monoisotopic (exact) mass is 225 g/mol. The fraction of sp³-hybridized carbons (Fsp3) is 0.133. The molecular formula is C15H15NO. The van der Waals surface area contributed by atoms with Crippen LogP contribution in [0.1, 0.15) is 11.1 Å². The third-order valence-corrected chi connectivity index (χ3v) is 2.69. The molecule has 2 aromatic rings. The third-order valence-electron chi connectivity index (χ3n) is 2.69. The molecule has 0 saturated heterocycles. The summed E-state index contributed by atoms with van der Waals surface area (Å²) in [6.07, 6.45) is 1.74. The van der Waals surface area contributed by atoms with Crippen molar-refractivity contribution >= 4 is 6.21 Å². The van der Waals surface area contributed by atoms with Crippen LogP contribution in [0.15, 0.2) is 53.7 Å². The van der Waals surface area contributed by atoms with Crippen molar-refractivity contribution in [3.63, 3.8) is 0 Å². The van der Waals surface area contributed by atoms with Crippen LogP contribution in [-0.2, 0) is 4.84 Å². The first-order valence-electron chi connectivity index (χ1n) is 5.54. The molecule has 0 aliphatic heterocycles. The number of aryl methyl sites for hydroxylation is 1. The maximum absolute atomic E-state index is 4.74. The van der Waals surface area contributed by atoms with E-state index in [1.54, 1.807) is 13.3 Å². The van der Waals surface area contributed by atoms with E-state index < -0.39 is 0 Å². The topological polar surface area (TPSA) is 21.6 Å². The highest BCUT2D eigenvalue weighted by molar-refractivity contribution is 5.90. The van der Waals surface area contributed by atoms with Crippen molar-refractivity contribution in [2.45, 2.75) is 6.92 Å². The molecule has 0 bridgehead atoms. The zero-order valence-electron chi connectivity index (χ0n) is 10.1. The van der Waals surface area contributed by atoms with Crippen molar-refractivity contribution in [3.8, 4) is 11.1 Å². The number of oxime groups is 1. The van der Waals surface area contributed by atoms with Crippen LogP contribution in [0.5, 0.6) is 0 Å². The predicted molar refractivity (Wildman–Crippen MR) is 71.2 cm³/mol. The summed E-state index contributed by atoms with van der Waals surface area (Å²) >= 11 is 0. The molecule has 0 unspecified atom stereocenters. The van der Waals surface area contributed by atoms with Gasteiger partial charge >= 0.3 is 0 Å². The van der Waals surface area contributed by atoms with Gasteiger partial charge in [0.15, 0.2) is 0 Å². The highest BCUT2D eigenvalue weighted by atomic mass is 16.6. The van der Waals surface area contributed by atoms with Crippen LogP contribution >= 0.6 is 0 Å². The zero-order chi connectivity index (χ0) is 12.1. The summed E-state index contributed by atoms with van der Waals surface area (Å²) in [7, 11) is 1.55. The van der Waals surface area contributed by atoms with E-state index in [0.717, 1.165) is 5.56 Å². The van der Waals surface area contributed by atoms with E-state index in [-0.39, 0.29) is 0 Å². The molecule has 0 fully saturated rings. The second kappa shape index (κ2) is 5.30. The van der Waals surface area contributed by atoms with Gasteiger partial charge in [-0.3, -0.25) is 0 Å². The van der Waals surface area contributed by atoms with Crippen molar-refractivity contribution in [2.24, 2.45) is 5.16 Å². The van der Waals surface area contributed by atoms with Crippen molar-refractivity contribution in [1.29, 1.82) is 0 Å². The summed E-state index contributed by atoms with van der Waals surface area (Å²) in [5, 5.41) is 3.83. The Kier molecular flexibility index (Phi) is 3.55. The van der Waals surface area contributed by atoms with E-state index in [9.17, 15) is 0 Å². The van der Waals surface area contributed by atoms with Gasteiger partial charge in [-0.15, -0.1) is 0 Å². The first-order valence-corrected chi connectivity index (χ1v) is 5.54. The van der Waals surface area contributed by atoms with Gasteiger partial charge in [-0.05, 0) is 23.6 Å².